The fraction of sp³-hybridized carbons (Fsp3) is 0.222. The van der Waals surface area contributed by atoms with E-state index in [0.717, 1.165) is 9.13 Å². The van der Waals surface area contributed by atoms with Crippen LogP contribution in [-0.4, -0.2) is 27.5 Å². The van der Waals surface area contributed by atoms with Gasteiger partial charge < -0.3 is 9.84 Å². The van der Waals surface area contributed by atoms with E-state index in [1.54, 1.807) is 18.2 Å². The molecule has 0 saturated heterocycles. The third-order valence-electron chi connectivity index (χ3n) is 1.66. The third kappa shape index (κ3) is 2.79. The third-order valence-corrected chi connectivity index (χ3v) is 2.81. The number of halogens is 1. The van der Waals surface area contributed by atoms with Crippen molar-refractivity contribution in [2.24, 2.45) is 0 Å². The van der Waals surface area contributed by atoms with Gasteiger partial charge >= 0.3 is 5.97 Å². The van der Waals surface area contributed by atoms with E-state index in [1.807, 2.05) is 0 Å². The van der Waals surface area contributed by atoms with Crippen molar-refractivity contribution in [3.8, 4) is 0 Å². The molecule has 0 spiro atoms. The summed E-state index contributed by atoms with van der Waals surface area (Å²) >= 11 is 2.07. The van der Waals surface area contributed by atoms with E-state index in [-0.39, 0.29) is 18.8 Å². The zero-order valence-corrected chi connectivity index (χ0v) is 10.4. The summed E-state index contributed by atoms with van der Waals surface area (Å²) in [6.45, 7) is -0.0221. The van der Waals surface area contributed by atoms with Gasteiger partial charge in [-0.2, -0.15) is 0 Å². The number of aliphatic hydroxyl groups excluding tert-OH is 1. The van der Waals surface area contributed by atoms with Gasteiger partial charge in [0, 0.05) is 3.57 Å². The van der Waals surface area contributed by atoms with Gasteiger partial charge in [-0.25, -0.2) is 4.79 Å². The molecule has 0 amide bonds. The molecule has 0 aliphatic rings. The number of rotatable bonds is 3. The van der Waals surface area contributed by atoms with Crippen LogP contribution >= 0.6 is 22.6 Å². The van der Waals surface area contributed by atoms with Crippen molar-refractivity contribution < 1.29 is 14.6 Å². The van der Waals surface area contributed by atoms with Crippen molar-refractivity contribution in [3.63, 3.8) is 0 Å². The van der Waals surface area contributed by atoms with Gasteiger partial charge in [0.1, 0.15) is 0 Å². The minimum absolute atomic E-state index is 0.0221. The molecule has 0 fully saturated rings. The molecule has 0 saturated carbocycles. The van der Waals surface area contributed by atoms with Gasteiger partial charge in [-0.05, 0) is 40.3 Å². The predicted octanol–water partition coefficient (Wildman–Crippen LogP) is 1.07. The highest BCUT2D eigenvalue weighted by Gasteiger charge is 2.08. The number of hydrogen-bond donors (Lipinski definition) is 1. The number of benzene rings is 1. The van der Waals surface area contributed by atoms with Crippen molar-refractivity contribution >= 4 is 38.8 Å². The van der Waals surface area contributed by atoms with E-state index in [1.165, 1.54) is 0 Å². The molecule has 0 heterocycles. The molecule has 0 atom stereocenters. The maximum absolute atomic E-state index is 11.3. The molecule has 1 aromatic rings. The fourth-order valence-electron chi connectivity index (χ4n) is 0.951. The van der Waals surface area contributed by atoms with Crippen LogP contribution in [0.4, 0.5) is 0 Å². The number of esters is 1. The summed E-state index contributed by atoms with van der Waals surface area (Å²) < 4.78 is 5.62. The highest BCUT2D eigenvalue weighted by atomic mass is 127. The summed E-state index contributed by atoms with van der Waals surface area (Å²) in [6, 6.07) is 5.04. The average molecular weight is 319 g/mol. The van der Waals surface area contributed by atoms with Crippen LogP contribution in [-0.2, 0) is 11.3 Å². The molecule has 14 heavy (non-hydrogen) atoms. The summed E-state index contributed by atoms with van der Waals surface area (Å²) in [5, 5.41) is 8.92. The van der Waals surface area contributed by atoms with Crippen molar-refractivity contribution in [1.29, 1.82) is 0 Å². The summed E-state index contributed by atoms with van der Waals surface area (Å²) in [6.07, 6.45) is 0.178. The van der Waals surface area contributed by atoms with E-state index >= 15 is 0 Å². The lowest BCUT2D eigenvalue weighted by atomic mass is 10.1. The first-order chi connectivity index (χ1) is 6.69. The Kier molecular flexibility index (Phi) is 4.56. The second kappa shape index (κ2) is 5.47. The van der Waals surface area contributed by atoms with Gasteiger partial charge in [0.25, 0.3) is 0 Å². The van der Waals surface area contributed by atoms with E-state index in [0.29, 0.717) is 5.56 Å². The highest BCUT2D eigenvalue weighted by Crippen LogP contribution is 2.15. The summed E-state index contributed by atoms with van der Waals surface area (Å²) in [4.78, 5) is 11.3. The monoisotopic (exact) mass is 319 g/mol. The molecule has 0 bridgehead atoms. The Morgan fingerprint density at radius 2 is 2.29 bits per heavy atom. The minimum Gasteiger partial charge on any atom is -0.467 e. The quantitative estimate of drug-likeness (QED) is 0.515. The van der Waals surface area contributed by atoms with Crippen molar-refractivity contribution in [2.75, 3.05) is 6.23 Å². The SMILES string of the molecule is O=C(OC[Si])c1ccc(CO)c(I)c1. The zero-order valence-electron chi connectivity index (χ0n) is 7.29. The van der Waals surface area contributed by atoms with Crippen LogP contribution in [0.3, 0.4) is 0 Å². The zero-order chi connectivity index (χ0) is 10.6. The first-order valence-electron chi connectivity index (χ1n) is 3.90. The number of aliphatic hydroxyl groups is 1. The Labute approximate surface area is 99.0 Å². The molecule has 3 radical (unpaired) electrons. The van der Waals surface area contributed by atoms with Crippen LogP contribution in [0.15, 0.2) is 18.2 Å². The Balaban J connectivity index is 2.91. The van der Waals surface area contributed by atoms with Crippen LogP contribution in [0.2, 0.25) is 0 Å². The molecule has 0 aliphatic carbocycles. The van der Waals surface area contributed by atoms with E-state index < -0.39 is 0 Å². The Morgan fingerprint density at radius 3 is 2.79 bits per heavy atom. The Hall–Kier alpha value is -0.403. The molecule has 0 aromatic heterocycles. The van der Waals surface area contributed by atoms with Crippen LogP contribution < -0.4 is 0 Å². The van der Waals surface area contributed by atoms with E-state index in [9.17, 15) is 4.79 Å². The van der Waals surface area contributed by atoms with E-state index in [2.05, 4.69) is 32.8 Å². The molecule has 1 aromatic carbocycles. The van der Waals surface area contributed by atoms with Crippen LogP contribution in [0, 0.1) is 3.57 Å². The minimum atomic E-state index is -0.373. The normalized spacial score (nSPS) is 9.93. The molecule has 5 heteroatoms. The molecule has 0 unspecified atom stereocenters. The van der Waals surface area contributed by atoms with Crippen LogP contribution in [0.25, 0.3) is 0 Å². The Bertz CT molecular complexity index is 341. The Morgan fingerprint density at radius 1 is 1.57 bits per heavy atom. The lowest BCUT2D eigenvalue weighted by molar-refractivity contribution is 0.0573. The molecular weight excluding hydrogens is 311 g/mol. The fourth-order valence-corrected chi connectivity index (χ4v) is 1.77. The maximum atomic E-state index is 11.3. The first kappa shape index (κ1) is 11.7. The lowest BCUT2D eigenvalue weighted by Gasteiger charge is -2.04. The molecule has 73 valence electrons. The van der Waals surface area contributed by atoms with Gasteiger partial charge in [0.15, 0.2) is 0 Å². The predicted molar refractivity (Wildman–Crippen MR) is 61.1 cm³/mol. The van der Waals surface area contributed by atoms with Crippen LogP contribution in [0.5, 0.6) is 0 Å². The van der Waals surface area contributed by atoms with Crippen molar-refractivity contribution in [3.05, 3.63) is 32.9 Å². The van der Waals surface area contributed by atoms with Gasteiger partial charge in [0.2, 0.25) is 0 Å². The molecule has 1 N–H and O–H groups in total. The van der Waals surface area contributed by atoms with Crippen LogP contribution in [0.1, 0.15) is 15.9 Å². The topological polar surface area (TPSA) is 46.5 Å². The van der Waals surface area contributed by atoms with Gasteiger partial charge in [-0.1, -0.05) is 6.07 Å². The van der Waals surface area contributed by atoms with Gasteiger partial charge in [0.05, 0.1) is 28.6 Å². The first-order valence-corrected chi connectivity index (χ1v) is 5.68. The summed E-state index contributed by atoms with van der Waals surface area (Å²) in [7, 11) is 3.05. The van der Waals surface area contributed by atoms with Crippen molar-refractivity contribution in [2.45, 2.75) is 6.61 Å². The number of carbonyl (C=O) groups excluding carboxylic acids is 1. The maximum Gasteiger partial charge on any atom is 0.337 e. The van der Waals surface area contributed by atoms with E-state index in [4.69, 9.17) is 9.84 Å². The molecule has 3 nitrogen and oxygen atoms in total. The smallest absolute Gasteiger partial charge is 0.337 e. The standard InChI is InChI=1S/C9H8IO3Si/c10-8-3-6(9(12)13-5-14)1-2-7(8)4-11/h1-3,11H,4-5H2. The summed E-state index contributed by atoms with van der Waals surface area (Å²) in [5.41, 5.74) is 1.30. The second-order valence-corrected chi connectivity index (χ2v) is 3.99. The molecule has 0 aliphatic heterocycles. The lowest BCUT2D eigenvalue weighted by Crippen LogP contribution is -2.07. The average Bonchev–Trinajstić information content (AvgIpc) is 2.18. The number of hydrogen-bond acceptors (Lipinski definition) is 3. The highest BCUT2D eigenvalue weighted by molar-refractivity contribution is 14.1. The van der Waals surface area contributed by atoms with Crippen molar-refractivity contribution in [1.82, 2.24) is 0 Å². The van der Waals surface area contributed by atoms with Gasteiger partial charge in [-0.3, -0.25) is 0 Å². The summed E-state index contributed by atoms with van der Waals surface area (Å²) in [5.74, 6) is -0.373. The number of carbonyl (C=O) groups is 1. The molecule has 1 rings (SSSR count). The second-order valence-electron chi connectivity index (χ2n) is 2.54. The van der Waals surface area contributed by atoms with Gasteiger partial charge in [-0.15, -0.1) is 0 Å². The number of ether oxygens (including phenoxy) is 1. The molecular formula is C9H8IO3Si. The largest absolute Gasteiger partial charge is 0.467 e.